The minimum Gasteiger partial charge on any atom is -0.330 e. The maximum absolute atomic E-state index is 13.4. The predicted molar refractivity (Wildman–Crippen MR) is 69.2 cm³/mol. The lowest BCUT2D eigenvalue weighted by Crippen LogP contribution is -2.14. The maximum atomic E-state index is 13.4. The Labute approximate surface area is 112 Å². The smallest absolute Gasteiger partial charge is 0.275 e. The molecule has 0 aliphatic carbocycles. The van der Waals surface area contributed by atoms with Crippen LogP contribution in [0, 0.1) is 11.6 Å². The Morgan fingerprint density at radius 1 is 1.42 bits per heavy atom. The first-order valence-corrected chi connectivity index (χ1v) is 6.39. The van der Waals surface area contributed by atoms with E-state index in [0.717, 1.165) is 11.1 Å². The van der Waals surface area contributed by atoms with E-state index in [1.165, 1.54) is 23.5 Å². The molecule has 0 saturated heterocycles. The molecule has 0 fully saturated rings. The van der Waals surface area contributed by atoms with Gasteiger partial charge in [-0.25, -0.2) is 13.8 Å². The van der Waals surface area contributed by atoms with E-state index >= 15 is 0 Å². The Hall–Kier alpha value is -1.86. The first-order chi connectivity index (χ1) is 9.11. The van der Waals surface area contributed by atoms with Crippen molar-refractivity contribution in [3.05, 3.63) is 45.9 Å². The lowest BCUT2D eigenvalue weighted by molar-refractivity contribution is 0.102. The molecule has 7 heteroatoms. The summed E-state index contributed by atoms with van der Waals surface area (Å²) in [6.07, 6.45) is 0.576. The summed E-state index contributed by atoms with van der Waals surface area (Å²) in [6, 6.07) is 3.57. The molecule has 4 nitrogen and oxygen atoms in total. The number of carbonyl (C=O) groups excluding carboxylic acids is 1. The molecule has 1 aromatic heterocycles. The molecule has 1 aromatic carbocycles. The second-order valence-corrected chi connectivity index (χ2v) is 4.66. The Morgan fingerprint density at radius 2 is 2.21 bits per heavy atom. The molecule has 0 radical (unpaired) electrons. The summed E-state index contributed by atoms with van der Waals surface area (Å²) in [7, 11) is 0. The zero-order valence-corrected chi connectivity index (χ0v) is 10.6. The number of nitrogens with one attached hydrogen (secondary N) is 1. The van der Waals surface area contributed by atoms with Crippen LogP contribution in [-0.2, 0) is 6.42 Å². The van der Waals surface area contributed by atoms with E-state index in [1.807, 2.05) is 0 Å². The maximum Gasteiger partial charge on any atom is 0.275 e. The van der Waals surface area contributed by atoms with Gasteiger partial charge < -0.3 is 11.1 Å². The number of rotatable bonds is 4. The van der Waals surface area contributed by atoms with Gasteiger partial charge in [0.05, 0.1) is 10.7 Å². The fourth-order valence-corrected chi connectivity index (χ4v) is 2.23. The third kappa shape index (κ3) is 3.12. The molecular formula is C12H11F2N3OS. The van der Waals surface area contributed by atoms with Crippen LogP contribution in [0.1, 0.15) is 15.5 Å². The zero-order chi connectivity index (χ0) is 13.8. The van der Waals surface area contributed by atoms with Crippen LogP contribution in [0.25, 0.3) is 0 Å². The number of amides is 1. The average molecular weight is 283 g/mol. The van der Waals surface area contributed by atoms with Crippen molar-refractivity contribution in [1.82, 2.24) is 4.98 Å². The van der Waals surface area contributed by atoms with Crippen molar-refractivity contribution in [2.75, 3.05) is 11.9 Å². The van der Waals surface area contributed by atoms with Crippen molar-refractivity contribution in [3.63, 3.8) is 0 Å². The molecule has 0 spiro atoms. The van der Waals surface area contributed by atoms with Gasteiger partial charge in [0.15, 0.2) is 11.6 Å². The van der Waals surface area contributed by atoms with Crippen molar-refractivity contribution >= 4 is 22.9 Å². The molecule has 0 saturated carbocycles. The topological polar surface area (TPSA) is 68.0 Å². The van der Waals surface area contributed by atoms with Crippen molar-refractivity contribution in [2.45, 2.75) is 6.42 Å². The molecule has 2 rings (SSSR count). The number of anilines is 1. The summed E-state index contributed by atoms with van der Waals surface area (Å²) >= 11 is 1.30. The monoisotopic (exact) mass is 283 g/mol. The highest BCUT2D eigenvalue weighted by atomic mass is 32.1. The van der Waals surface area contributed by atoms with Crippen LogP contribution in [0.2, 0.25) is 0 Å². The lowest BCUT2D eigenvalue weighted by atomic mass is 10.3. The number of hydrogen-bond acceptors (Lipinski definition) is 4. The van der Waals surface area contributed by atoms with E-state index in [1.54, 1.807) is 5.38 Å². The van der Waals surface area contributed by atoms with Crippen LogP contribution in [0.15, 0.2) is 23.6 Å². The van der Waals surface area contributed by atoms with Gasteiger partial charge in [0.1, 0.15) is 5.69 Å². The first-order valence-electron chi connectivity index (χ1n) is 5.51. The van der Waals surface area contributed by atoms with E-state index in [-0.39, 0.29) is 11.4 Å². The summed E-state index contributed by atoms with van der Waals surface area (Å²) < 4.78 is 26.4. The van der Waals surface area contributed by atoms with E-state index in [0.29, 0.717) is 13.0 Å². The first kappa shape index (κ1) is 13.6. The van der Waals surface area contributed by atoms with Gasteiger partial charge in [-0.3, -0.25) is 4.79 Å². The molecule has 1 amide bonds. The van der Waals surface area contributed by atoms with Crippen LogP contribution in [0.4, 0.5) is 14.5 Å². The van der Waals surface area contributed by atoms with Gasteiger partial charge in [0.25, 0.3) is 5.91 Å². The highest BCUT2D eigenvalue weighted by molar-refractivity contribution is 7.09. The molecule has 0 atom stereocenters. The molecule has 2 aromatic rings. The Kier molecular flexibility index (Phi) is 4.18. The normalized spacial score (nSPS) is 10.5. The minimum atomic E-state index is -1.09. The number of carbonyl (C=O) groups is 1. The van der Waals surface area contributed by atoms with Gasteiger partial charge in [-0.1, -0.05) is 6.07 Å². The molecular weight excluding hydrogens is 272 g/mol. The molecule has 0 aliphatic rings. The third-order valence-electron chi connectivity index (χ3n) is 2.34. The minimum absolute atomic E-state index is 0.164. The SMILES string of the molecule is NCCc1nc(C(=O)Nc2cccc(F)c2F)cs1. The van der Waals surface area contributed by atoms with Crippen molar-refractivity contribution in [3.8, 4) is 0 Å². The van der Waals surface area contributed by atoms with Crippen LogP contribution in [0.5, 0.6) is 0 Å². The fourth-order valence-electron chi connectivity index (χ4n) is 1.44. The molecule has 0 bridgehead atoms. The predicted octanol–water partition coefficient (Wildman–Crippen LogP) is 2.17. The summed E-state index contributed by atoms with van der Waals surface area (Å²) in [5, 5.41) is 4.56. The highest BCUT2D eigenvalue weighted by Crippen LogP contribution is 2.18. The fraction of sp³-hybridized carbons (Fsp3) is 0.167. The second kappa shape index (κ2) is 5.85. The Bertz CT molecular complexity index is 600. The van der Waals surface area contributed by atoms with Gasteiger partial charge in [0, 0.05) is 11.8 Å². The van der Waals surface area contributed by atoms with Gasteiger partial charge in [-0.2, -0.15) is 0 Å². The van der Waals surface area contributed by atoms with Gasteiger partial charge in [-0.15, -0.1) is 11.3 Å². The standard InChI is InChI=1S/C12H11F2N3OS/c13-7-2-1-3-8(11(7)14)17-12(18)9-6-19-10(16-9)4-5-15/h1-3,6H,4-5,15H2,(H,17,18). The number of nitrogens with two attached hydrogens (primary N) is 1. The summed E-state index contributed by atoms with van der Waals surface area (Å²) in [4.78, 5) is 15.9. The van der Waals surface area contributed by atoms with E-state index in [4.69, 9.17) is 5.73 Å². The Morgan fingerprint density at radius 3 is 2.95 bits per heavy atom. The molecule has 3 N–H and O–H groups in total. The number of aromatic nitrogens is 1. The number of halogens is 2. The van der Waals surface area contributed by atoms with Crippen molar-refractivity contribution in [2.24, 2.45) is 5.73 Å². The van der Waals surface area contributed by atoms with Crippen molar-refractivity contribution < 1.29 is 13.6 Å². The van der Waals surface area contributed by atoms with E-state index in [2.05, 4.69) is 10.3 Å². The highest BCUT2D eigenvalue weighted by Gasteiger charge is 2.14. The number of nitrogens with zero attached hydrogens (tertiary/aromatic N) is 1. The number of thiazole rings is 1. The molecule has 19 heavy (non-hydrogen) atoms. The van der Waals surface area contributed by atoms with E-state index in [9.17, 15) is 13.6 Å². The van der Waals surface area contributed by atoms with Crippen LogP contribution < -0.4 is 11.1 Å². The average Bonchev–Trinajstić information content (AvgIpc) is 2.84. The number of benzene rings is 1. The summed E-state index contributed by atoms with van der Waals surface area (Å²) in [6.45, 7) is 0.438. The largest absolute Gasteiger partial charge is 0.330 e. The lowest BCUT2D eigenvalue weighted by Gasteiger charge is -2.04. The van der Waals surface area contributed by atoms with E-state index < -0.39 is 17.5 Å². The van der Waals surface area contributed by atoms with Gasteiger partial charge >= 0.3 is 0 Å². The quantitative estimate of drug-likeness (QED) is 0.903. The second-order valence-electron chi connectivity index (χ2n) is 3.72. The molecule has 0 aliphatic heterocycles. The van der Waals surface area contributed by atoms with Gasteiger partial charge in [0.2, 0.25) is 0 Å². The van der Waals surface area contributed by atoms with Crippen LogP contribution in [0.3, 0.4) is 0 Å². The van der Waals surface area contributed by atoms with Crippen molar-refractivity contribution in [1.29, 1.82) is 0 Å². The molecule has 1 heterocycles. The van der Waals surface area contributed by atoms with Gasteiger partial charge in [-0.05, 0) is 18.7 Å². The zero-order valence-electron chi connectivity index (χ0n) is 9.82. The summed E-state index contributed by atoms with van der Waals surface area (Å²) in [5.41, 5.74) is 5.33. The third-order valence-corrected chi connectivity index (χ3v) is 3.25. The number of hydrogen-bond donors (Lipinski definition) is 2. The van der Waals surface area contributed by atoms with Crippen LogP contribution in [-0.4, -0.2) is 17.4 Å². The Balaban J connectivity index is 2.14. The molecule has 0 unspecified atom stereocenters. The molecule has 100 valence electrons. The van der Waals surface area contributed by atoms with Crippen LogP contribution >= 0.6 is 11.3 Å². The summed E-state index contributed by atoms with van der Waals surface area (Å²) in [5.74, 6) is -2.68.